The van der Waals surface area contributed by atoms with E-state index < -0.39 is 5.60 Å². The monoisotopic (exact) mass is 211 g/mol. The molecule has 0 aliphatic rings. The predicted molar refractivity (Wildman–Crippen MR) is 60.7 cm³/mol. The second kappa shape index (κ2) is 5.28. The zero-order valence-corrected chi connectivity index (χ0v) is 9.82. The van der Waals surface area contributed by atoms with Crippen molar-refractivity contribution >= 4 is 0 Å². The van der Waals surface area contributed by atoms with Crippen molar-refractivity contribution in [2.75, 3.05) is 13.1 Å². The summed E-state index contributed by atoms with van der Waals surface area (Å²) in [5.74, 6) is 1.07. The summed E-state index contributed by atoms with van der Waals surface area (Å²) in [5.41, 5.74) is -0.596. The molecule has 1 heterocycles. The first-order valence-electron chi connectivity index (χ1n) is 5.44. The van der Waals surface area contributed by atoms with Crippen LogP contribution in [0.3, 0.4) is 0 Å². The second-order valence-corrected chi connectivity index (χ2v) is 4.23. The Kier molecular flexibility index (Phi) is 4.29. The lowest BCUT2D eigenvalue weighted by atomic mass is 10.0. The van der Waals surface area contributed by atoms with Crippen LogP contribution in [0, 0.1) is 0 Å². The lowest BCUT2D eigenvalue weighted by Gasteiger charge is -2.21. The van der Waals surface area contributed by atoms with Crippen molar-refractivity contribution in [2.24, 2.45) is 7.05 Å². The smallest absolute Gasteiger partial charge is 0.109 e. The van der Waals surface area contributed by atoms with Crippen LogP contribution in [0.25, 0.3) is 0 Å². The first kappa shape index (κ1) is 12.2. The SMILES string of the molecule is CCC(C)(O)CNCCc1nccn1C. The van der Waals surface area contributed by atoms with Gasteiger partial charge in [0.2, 0.25) is 0 Å². The topological polar surface area (TPSA) is 50.1 Å². The average Bonchev–Trinajstić information content (AvgIpc) is 2.59. The third-order valence-corrected chi connectivity index (χ3v) is 2.71. The van der Waals surface area contributed by atoms with Crippen LogP contribution in [0.15, 0.2) is 12.4 Å². The minimum absolute atomic E-state index is 0.596. The summed E-state index contributed by atoms with van der Waals surface area (Å²) in [5, 5.41) is 13.0. The summed E-state index contributed by atoms with van der Waals surface area (Å²) in [6, 6.07) is 0. The number of hydrogen-bond donors (Lipinski definition) is 2. The number of nitrogens with zero attached hydrogens (tertiary/aromatic N) is 2. The molecule has 0 radical (unpaired) electrons. The summed E-state index contributed by atoms with van der Waals surface area (Å²) in [7, 11) is 1.99. The maximum absolute atomic E-state index is 9.75. The van der Waals surface area contributed by atoms with E-state index in [0.717, 1.165) is 25.2 Å². The maximum Gasteiger partial charge on any atom is 0.109 e. The van der Waals surface area contributed by atoms with Crippen LogP contribution < -0.4 is 5.32 Å². The number of aromatic nitrogens is 2. The Hall–Kier alpha value is -0.870. The van der Waals surface area contributed by atoms with Crippen LogP contribution in [0.4, 0.5) is 0 Å². The van der Waals surface area contributed by atoms with Crippen molar-refractivity contribution in [3.63, 3.8) is 0 Å². The number of aliphatic hydroxyl groups is 1. The molecule has 0 fully saturated rings. The number of aryl methyl sites for hydroxylation is 1. The fourth-order valence-electron chi connectivity index (χ4n) is 1.32. The third-order valence-electron chi connectivity index (χ3n) is 2.71. The maximum atomic E-state index is 9.75. The van der Waals surface area contributed by atoms with Gasteiger partial charge in [-0.3, -0.25) is 0 Å². The molecule has 0 spiro atoms. The molecular weight excluding hydrogens is 190 g/mol. The molecule has 0 saturated carbocycles. The van der Waals surface area contributed by atoms with Gasteiger partial charge in [0, 0.05) is 39.0 Å². The predicted octanol–water partition coefficient (Wildman–Crippen LogP) is 0.713. The lowest BCUT2D eigenvalue weighted by Crippen LogP contribution is -2.38. The first-order valence-corrected chi connectivity index (χ1v) is 5.44. The molecule has 0 amide bonds. The van der Waals surface area contributed by atoms with Gasteiger partial charge in [-0.2, -0.15) is 0 Å². The minimum atomic E-state index is -0.596. The summed E-state index contributed by atoms with van der Waals surface area (Å²) in [6.45, 7) is 5.32. The van der Waals surface area contributed by atoms with Crippen molar-refractivity contribution in [1.82, 2.24) is 14.9 Å². The molecule has 1 aromatic rings. The van der Waals surface area contributed by atoms with Crippen LogP contribution in [-0.4, -0.2) is 33.3 Å². The molecule has 1 aromatic heterocycles. The zero-order valence-electron chi connectivity index (χ0n) is 9.82. The summed E-state index contributed by atoms with van der Waals surface area (Å²) >= 11 is 0. The van der Waals surface area contributed by atoms with E-state index in [2.05, 4.69) is 10.3 Å². The van der Waals surface area contributed by atoms with Gasteiger partial charge < -0.3 is 15.0 Å². The van der Waals surface area contributed by atoms with E-state index in [1.54, 1.807) is 6.20 Å². The van der Waals surface area contributed by atoms with Gasteiger partial charge in [-0.05, 0) is 13.3 Å². The van der Waals surface area contributed by atoms with E-state index in [1.165, 1.54) is 0 Å². The number of imidazole rings is 1. The van der Waals surface area contributed by atoms with Crippen molar-refractivity contribution in [2.45, 2.75) is 32.3 Å². The summed E-state index contributed by atoms with van der Waals surface area (Å²) in [6.07, 6.45) is 5.40. The highest BCUT2D eigenvalue weighted by Gasteiger charge is 2.16. The largest absolute Gasteiger partial charge is 0.389 e. The van der Waals surface area contributed by atoms with Crippen LogP contribution in [0.5, 0.6) is 0 Å². The lowest BCUT2D eigenvalue weighted by molar-refractivity contribution is 0.0561. The van der Waals surface area contributed by atoms with Gasteiger partial charge in [-0.25, -0.2) is 4.98 Å². The molecule has 1 atom stereocenters. The van der Waals surface area contributed by atoms with Gasteiger partial charge in [-0.15, -0.1) is 0 Å². The van der Waals surface area contributed by atoms with E-state index in [-0.39, 0.29) is 0 Å². The highest BCUT2D eigenvalue weighted by Crippen LogP contribution is 2.05. The van der Waals surface area contributed by atoms with Gasteiger partial charge in [0.25, 0.3) is 0 Å². The van der Waals surface area contributed by atoms with Crippen LogP contribution >= 0.6 is 0 Å². The molecular formula is C11H21N3O. The average molecular weight is 211 g/mol. The summed E-state index contributed by atoms with van der Waals surface area (Å²) < 4.78 is 2.01. The van der Waals surface area contributed by atoms with E-state index >= 15 is 0 Å². The van der Waals surface area contributed by atoms with Gasteiger partial charge in [-0.1, -0.05) is 6.92 Å². The van der Waals surface area contributed by atoms with Crippen LogP contribution in [0.2, 0.25) is 0 Å². The molecule has 0 saturated heterocycles. The van der Waals surface area contributed by atoms with Gasteiger partial charge in [0.15, 0.2) is 0 Å². The van der Waals surface area contributed by atoms with Crippen molar-refractivity contribution in [1.29, 1.82) is 0 Å². The van der Waals surface area contributed by atoms with Crippen LogP contribution in [-0.2, 0) is 13.5 Å². The van der Waals surface area contributed by atoms with Gasteiger partial charge >= 0.3 is 0 Å². The quantitative estimate of drug-likeness (QED) is 0.681. The Balaban J connectivity index is 2.20. The molecule has 0 aromatic carbocycles. The van der Waals surface area contributed by atoms with Gasteiger partial charge in [0.1, 0.15) is 5.82 Å². The fourth-order valence-corrected chi connectivity index (χ4v) is 1.32. The molecule has 0 bridgehead atoms. The fraction of sp³-hybridized carbons (Fsp3) is 0.727. The van der Waals surface area contributed by atoms with E-state index in [1.807, 2.05) is 31.7 Å². The molecule has 0 aliphatic heterocycles. The van der Waals surface area contributed by atoms with Gasteiger partial charge in [0.05, 0.1) is 5.60 Å². The molecule has 1 rings (SSSR count). The Labute approximate surface area is 91.3 Å². The standard InChI is InChI=1S/C11H21N3O/c1-4-11(2,15)9-12-6-5-10-13-7-8-14(10)3/h7-8,12,15H,4-6,9H2,1-3H3. The molecule has 4 heteroatoms. The van der Waals surface area contributed by atoms with Crippen molar-refractivity contribution < 1.29 is 5.11 Å². The minimum Gasteiger partial charge on any atom is -0.389 e. The second-order valence-electron chi connectivity index (χ2n) is 4.23. The zero-order chi connectivity index (χ0) is 11.3. The molecule has 15 heavy (non-hydrogen) atoms. The molecule has 1 unspecified atom stereocenters. The Morgan fingerprint density at radius 1 is 1.60 bits per heavy atom. The first-order chi connectivity index (χ1) is 7.05. The molecule has 86 valence electrons. The molecule has 0 aliphatic carbocycles. The van der Waals surface area contributed by atoms with E-state index in [9.17, 15) is 5.11 Å². The van der Waals surface area contributed by atoms with E-state index in [0.29, 0.717) is 6.54 Å². The Morgan fingerprint density at radius 3 is 2.87 bits per heavy atom. The highest BCUT2D eigenvalue weighted by molar-refractivity contribution is 4.91. The molecule has 4 nitrogen and oxygen atoms in total. The molecule has 2 N–H and O–H groups in total. The van der Waals surface area contributed by atoms with Crippen molar-refractivity contribution in [3.05, 3.63) is 18.2 Å². The van der Waals surface area contributed by atoms with Crippen molar-refractivity contribution in [3.8, 4) is 0 Å². The number of hydrogen-bond acceptors (Lipinski definition) is 3. The number of rotatable bonds is 6. The Bertz CT molecular complexity index is 294. The number of nitrogens with one attached hydrogen (secondary N) is 1. The third kappa shape index (κ3) is 4.01. The normalized spacial score (nSPS) is 15.2. The van der Waals surface area contributed by atoms with Crippen LogP contribution in [0.1, 0.15) is 26.1 Å². The summed E-state index contributed by atoms with van der Waals surface area (Å²) in [4.78, 5) is 4.23. The van der Waals surface area contributed by atoms with E-state index in [4.69, 9.17) is 0 Å². The Morgan fingerprint density at radius 2 is 2.33 bits per heavy atom. The highest BCUT2D eigenvalue weighted by atomic mass is 16.3.